The number of rotatable bonds is 8. The van der Waals surface area contributed by atoms with E-state index in [0.29, 0.717) is 6.54 Å². The number of amides is 1. The third kappa shape index (κ3) is 4.58. The number of nitrogens with zero attached hydrogens (tertiary/aromatic N) is 1. The summed E-state index contributed by atoms with van der Waals surface area (Å²) in [5, 5.41) is 13.7. The quantitative estimate of drug-likeness (QED) is 0.434. The van der Waals surface area contributed by atoms with Gasteiger partial charge in [0.2, 0.25) is 0 Å². The molecule has 0 saturated heterocycles. The van der Waals surface area contributed by atoms with Crippen molar-refractivity contribution in [3.63, 3.8) is 0 Å². The average molecular weight is 340 g/mol. The van der Waals surface area contributed by atoms with E-state index in [-0.39, 0.29) is 17.1 Å². The Kier molecular flexibility index (Phi) is 6.97. The third-order valence-corrected chi connectivity index (χ3v) is 3.12. The van der Waals surface area contributed by atoms with Gasteiger partial charge in [-0.1, -0.05) is 6.92 Å². The van der Waals surface area contributed by atoms with E-state index in [1.54, 1.807) is 0 Å². The van der Waals surface area contributed by atoms with Crippen LogP contribution in [0.5, 0.6) is 11.5 Å². The lowest BCUT2D eigenvalue weighted by Crippen LogP contribution is -2.36. The molecule has 0 fully saturated rings. The molecule has 132 valence electrons. The van der Waals surface area contributed by atoms with Crippen molar-refractivity contribution in [2.75, 3.05) is 20.8 Å². The zero-order valence-corrected chi connectivity index (χ0v) is 14.0. The molecule has 1 aromatic carbocycles. The number of nitro groups is 1. The lowest BCUT2D eigenvalue weighted by Gasteiger charge is -2.14. The van der Waals surface area contributed by atoms with Crippen LogP contribution in [0.1, 0.15) is 30.6 Å². The van der Waals surface area contributed by atoms with E-state index in [1.165, 1.54) is 21.1 Å². The highest BCUT2D eigenvalue weighted by Gasteiger charge is 2.28. The summed E-state index contributed by atoms with van der Waals surface area (Å²) in [5.41, 5.74) is -0.827. The Morgan fingerprint density at radius 2 is 1.83 bits per heavy atom. The maximum atomic E-state index is 12.2. The number of nitro benzene ring substituents is 1. The van der Waals surface area contributed by atoms with Crippen LogP contribution in [0, 0.1) is 10.1 Å². The van der Waals surface area contributed by atoms with Crippen molar-refractivity contribution in [1.29, 1.82) is 0 Å². The number of methoxy groups -OCH3 is 2. The summed E-state index contributed by atoms with van der Waals surface area (Å²) in [5.74, 6) is -1.23. The molecule has 24 heavy (non-hydrogen) atoms. The second kappa shape index (κ2) is 8.70. The molecule has 0 bridgehead atoms. The summed E-state index contributed by atoms with van der Waals surface area (Å²) >= 11 is 0. The zero-order valence-electron chi connectivity index (χ0n) is 14.0. The summed E-state index contributed by atoms with van der Waals surface area (Å²) in [7, 11) is 2.65. The molecule has 0 radical (unpaired) electrons. The van der Waals surface area contributed by atoms with Crippen LogP contribution in [0.2, 0.25) is 0 Å². The number of benzene rings is 1. The van der Waals surface area contributed by atoms with Gasteiger partial charge in [0.25, 0.3) is 11.6 Å². The Bertz CT molecular complexity index is 630. The van der Waals surface area contributed by atoms with Gasteiger partial charge in [0, 0.05) is 12.6 Å². The molecule has 0 spiro atoms. The topological polar surface area (TPSA) is 117 Å². The first-order chi connectivity index (χ1) is 11.3. The molecule has 1 atom stereocenters. The minimum atomic E-state index is -1.09. The van der Waals surface area contributed by atoms with Crippen molar-refractivity contribution in [2.24, 2.45) is 0 Å². The van der Waals surface area contributed by atoms with Crippen molar-refractivity contribution in [3.8, 4) is 11.5 Å². The highest BCUT2D eigenvalue weighted by Crippen LogP contribution is 2.34. The van der Waals surface area contributed by atoms with Crippen LogP contribution >= 0.6 is 0 Å². The first kappa shape index (κ1) is 19.2. The van der Waals surface area contributed by atoms with Gasteiger partial charge in [-0.15, -0.1) is 0 Å². The van der Waals surface area contributed by atoms with Crippen LogP contribution in [-0.4, -0.2) is 43.7 Å². The van der Waals surface area contributed by atoms with Crippen LogP contribution in [-0.2, 0) is 9.53 Å². The minimum absolute atomic E-state index is 0.106. The molecule has 1 amide bonds. The van der Waals surface area contributed by atoms with Gasteiger partial charge < -0.3 is 19.5 Å². The van der Waals surface area contributed by atoms with E-state index in [9.17, 15) is 19.7 Å². The van der Waals surface area contributed by atoms with Crippen molar-refractivity contribution >= 4 is 17.6 Å². The third-order valence-electron chi connectivity index (χ3n) is 3.12. The van der Waals surface area contributed by atoms with E-state index in [0.717, 1.165) is 18.6 Å². The van der Waals surface area contributed by atoms with Gasteiger partial charge in [0.05, 0.1) is 25.2 Å². The molecular weight excluding hydrogens is 320 g/mol. The fourth-order valence-corrected chi connectivity index (χ4v) is 1.85. The second-order valence-electron chi connectivity index (χ2n) is 4.82. The van der Waals surface area contributed by atoms with Crippen LogP contribution in [0.25, 0.3) is 0 Å². The van der Waals surface area contributed by atoms with Gasteiger partial charge >= 0.3 is 5.97 Å². The lowest BCUT2D eigenvalue weighted by molar-refractivity contribution is -0.385. The van der Waals surface area contributed by atoms with Crippen molar-refractivity contribution < 1.29 is 28.7 Å². The number of esters is 1. The smallest absolute Gasteiger partial charge is 0.346 e. The SMILES string of the molecule is CCCNC(=O)[C@@H](C)OC(=O)c1cc(OC)c(OC)cc1[N+](=O)[O-]. The van der Waals surface area contributed by atoms with E-state index in [4.69, 9.17) is 14.2 Å². The molecule has 0 aliphatic rings. The molecule has 0 unspecified atom stereocenters. The van der Waals surface area contributed by atoms with Crippen LogP contribution in [0.15, 0.2) is 12.1 Å². The molecule has 0 aliphatic carbocycles. The number of hydrogen-bond donors (Lipinski definition) is 1. The van der Waals surface area contributed by atoms with Crippen molar-refractivity contribution in [2.45, 2.75) is 26.4 Å². The molecule has 1 aromatic rings. The van der Waals surface area contributed by atoms with E-state index in [2.05, 4.69) is 5.32 Å². The van der Waals surface area contributed by atoms with E-state index < -0.39 is 28.6 Å². The largest absolute Gasteiger partial charge is 0.493 e. The normalized spacial score (nSPS) is 11.3. The second-order valence-corrected chi connectivity index (χ2v) is 4.82. The highest BCUT2D eigenvalue weighted by atomic mass is 16.6. The number of hydrogen-bond acceptors (Lipinski definition) is 7. The number of carbonyl (C=O) groups excluding carboxylic acids is 2. The maximum Gasteiger partial charge on any atom is 0.346 e. The number of carbonyl (C=O) groups is 2. The lowest BCUT2D eigenvalue weighted by atomic mass is 10.1. The summed E-state index contributed by atoms with van der Waals surface area (Å²) in [4.78, 5) is 34.4. The Morgan fingerprint density at radius 3 is 2.33 bits per heavy atom. The number of nitrogens with one attached hydrogen (secondary N) is 1. The first-order valence-corrected chi connectivity index (χ1v) is 7.24. The van der Waals surface area contributed by atoms with E-state index in [1.807, 2.05) is 6.92 Å². The van der Waals surface area contributed by atoms with Gasteiger partial charge in [-0.25, -0.2) is 4.79 Å². The van der Waals surface area contributed by atoms with Gasteiger partial charge in [-0.2, -0.15) is 0 Å². The first-order valence-electron chi connectivity index (χ1n) is 7.24. The highest BCUT2D eigenvalue weighted by molar-refractivity contribution is 5.96. The maximum absolute atomic E-state index is 12.2. The number of ether oxygens (including phenoxy) is 3. The molecule has 0 aliphatic heterocycles. The summed E-state index contributed by atoms with van der Waals surface area (Å²) < 4.78 is 15.0. The zero-order chi connectivity index (χ0) is 18.3. The van der Waals surface area contributed by atoms with Crippen molar-refractivity contribution in [3.05, 3.63) is 27.8 Å². The molecule has 1 N–H and O–H groups in total. The van der Waals surface area contributed by atoms with Crippen molar-refractivity contribution in [1.82, 2.24) is 5.32 Å². The monoisotopic (exact) mass is 340 g/mol. The Balaban J connectivity index is 3.08. The molecular formula is C15H20N2O7. The van der Waals surface area contributed by atoms with Gasteiger partial charge in [-0.3, -0.25) is 14.9 Å². The molecule has 0 aromatic heterocycles. The van der Waals surface area contributed by atoms with Gasteiger partial charge in [0.15, 0.2) is 17.6 Å². The van der Waals surface area contributed by atoms with Gasteiger partial charge in [-0.05, 0) is 13.3 Å². The summed E-state index contributed by atoms with van der Waals surface area (Å²) in [6.07, 6.45) is -0.357. The Hall–Kier alpha value is -2.84. The predicted octanol–water partition coefficient (Wildman–Crippen LogP) is 1.68. The summed E-state index contributed by atoms with van der Waals surface area (Å²) in [6, 6.07) is 2.22. The molecule has 0 saturated carbocycles. The van der Waals surface area contributed by atoms with Crippen LogP contribution in [0.3, 0.4) is 0 Å². The van der Waals surface area contributed by atoms with Gasteiger partial charge in [0.1, 0.15) is 5.56 Å². The Labute approximate surface area is 139 Å². The minimum Gasteiger partial charge on any atom is -0.493 e. The molecule has 9 nitrogen and oxygen atoms in total. The fraction of sp³-hybridized carbons (Fsp3) is 0.467. The fourth-order valence-electron chi connectivity index (χ4n) is 1.85. The Morgan fingerprint density at radius 1 is 1.25 bits per heavy atom. The standard InChI is InChI=1S/C15H20N2O7/c1-5-6-16-14(18)9(2)24-15(19)10-7-12(22-3)13(23-4)8-11(10)17(20)21/h7-9H,5-6H2,1-4H3,(H,16,18)/t9-/m1/s1. The molecule has 0 heterocycles. The predicted molar refractivity (Wildman–Crippen MR) is 84.4 cm³/mol. The molecule has 1 rings (SSSR count). The average Bonchev–Trinajstić information content (AvgIpc) is 2.57. The summed E-state index contributed by atoms with van der Waals surface area (Å²) in [6.45, 7) is 3.71. The van der Waals surface area contributed by atoms with Crippen LogP contribution < -0.4 is 14.8 Å². The van der Waals surface area contributed by atoms with Crippen LogP contribution in [0.4, 0.5) is 5.69 Å². The van der Waals surface area contributed by atoms with E-state index >= 15 is 0 Å². The molecule has 9 heteroatoms.